The van der Waals surface area contributed by atoms with Gasteiger partial charge in [0, 0.05) is 19.0 Å². The standard InChI is InChI=1S/C17H27ClN6OS/c1-5-7-19-13-12-10-21-24(14(12)23-16(22-13)26-6-2)9-8-20-15(25)17(3,4)11-18/h10H,5-9,11H2,1-4H3,(H,20,25)(H,19,22,23). The molecule has 0 atom stereocenters. The average Bonchev–Trinajstić information content (AvgIpc) is 3.03. The second kappa shape index (κ2) is 9.41. The van der Waals surface area contributed by atoms with Crippen LogP contribution < -0.4 is 10.6 Å². The Hall–Kier alpha value is -1.54. The molecule has 2 rings (SSSR count). The molecule has 0 spiro atoms. The lowest BCUT2D eigenvalue weighted by atomic mass is 9.95. The van der Waals surface area contributed by atoms with E-state index in [2.05, 4.69) is 39.5 Å². The second-order valence-corrected chi connectivity index (χ2v) is 8.09. The van der Waals surface area contributed by atoms with Crippen molar-refractivity contribution >= 4 is 46.1 Å². The fourth-order valence-electron chi connectivity index (χ4n) is 2.25. The molecule has 0 aliphatic heterocycles. The van der Waals surface area contributed by atoms with E-state index in [-0.39, 0.29) is 11.8 Å². The van der Waals surface area contributed by atoms with E-state index >= 15 is 0 Å². The normalized spacial score (nSPS) is 11.7. The van der Waals surface area contributed by atoms with Gasteiger partial charge in [0.05, 0.1) is 23.5 Å². The minimum Gasteiger partial charge on any atom is -0.369 e. The first-order valence-electron chi connectivity index (χ1n) is 8.87. The van der Waals surface area contributed by atoms with E-state index in [1.165, 1.54) is 0 Å². The molecule has 0 aromatic carbocycles. The van der Waals surface area contributed by atoms with E-state index in [1.54, 1.807) is 18.0 Å². The number of hydrogen-bond donors (Lipinski definition) is 2. The summed E-state index contributed by atoms with van der Waals surface area (Å²) in [5.74, 6) is 1.93. The van der Waals surface area contributed by atoms with Gasteiger partial charge in [-0.05, 0) is 26.0 Å². The smallest absolute Gasteiger partial charge is 0.226 e. The molecule has 2 N–H and O–H groups in total. The number of nitrogens with zero attached hydrogens (tertiary/aromatic N) is 4. The average molecular weight is 399 g/mol. The van der Waals surface area contributed by atoms with Gasteiger partial charge in [-0.15, -0.1) is 11.6 Å². The molecule has 2 aromatic heterocycles. The van der Waals surface area contributed by atoms with Gasteiger partial charge in [0.2, 0.25) is 5.91 Å². The van der Waals surface area contributed by atoms with Crippen molar-refractivity contribution in [3.8, 4) is 0 Å². The summed E-state index contributed by atoms with van der Waals surface area (Å²) in [6.07, 6.45) is 2.79. The molecular formula is C17H27ClN6OS. The SMILES string of the molecule is CCCNc1nc(SCC)nc2c1cnn2CCNC(=O)C(C)(C)CCl. The summed E-state index contributed by atoms with van der Waals surface area (Å²) in [6.45, 7) is 9.68. The molecule has 0 aliphatic carbocycles. The van der Waals surface area contributed by atoms with Gasteiger partial charge in [0.1, 0.15) is 5.82 Å². The molecule has 9 heteroatoms. The van der Waals surface area contributed by atoms with Crippen LogP contribution in [-0.2, 0) is 11.3 Å². The van der Waals surface area contributed by atoms with Crippen LogP contribution in [0.1, 0.15) is 34.1 Å². The predicted octanol–water partition coefficient (Wildman–Crippen LogP) is 3.14. The monoisotopic (exact) mass is 398 g/mol. The minimum atomic E-state index is -0.585. The fourth-order valence-corrected chi connectivity index (χ4v) is 2.93. The highest BCUT2D eigenvalue weighted by Gasteiger charge is 2.26. The molecule has 0 radical (unpaired) electrons. The van der Waals surface area contributed by atoms with Crippen molar-refractivity contribution in [2.45, 2.75) is 45.8 Å². The van der Waals surface area contributed by atoms with Crippen molar-refractivity contribution < 1.29 is 4.79 Å². The van der Waals surface area contributed by atoms with Gasteiger partial charge in [-0.1, -0.05) is 25.6 Å². The Morgan fingerprint density at radius 1 is 1.31 bits per heavy atom. The number of fused-ring (bicyclic) bond motifs is 1. The zero-order chi connectivity index (χ0) is 19.2. The fraction of sp³-hybridized carbons (Fsp3) is 0.647. The largest absolute Gasteiger partial charge is 0.369 e. The number of hydrogen-bond acceptors (Lipinski definition) is 6. The summed E-state index contributed by atoms with van der Waals surface area (Å²) in [5.41, 5.74) is 0.193. The van der Waals surface area contributed by atoms with E-state index in [0.717, 1.165) is 40.7 Å². The maximum absolute atomic E-state index is 12.1. The topological polar surface area (TPSA) is 84.7 Å². The first-order valence-corrected chi connectivity index (χ1v) is 10.4. The Morgan fingerprint density at radius 3 is 2.73 bits per heavy atom. The van der Waals surface area contributed by atoms with Gasteiger partial charge >= 0.3 is 0 Å². The molecule has 7 nitrogen and oxygen atoms in total. The quantitative estimate of drug-likeness (QED) is 0.363. The third-order valence-corrected chi connectivity index (χ3v) is 5.25. The van der Waals surface area contributed by atoms with Crippen molar-refractivity contribution in [1.82, 2.24) is 25.1 Å². The number of alkyl halides is 1. The van der Waals surface area contributed by atoms with Crippen LogP contribution in [0.2, 0.25) is 0 Å². The maximum Gasteiger partial charge on any atom is 0.226 e. The zero-order valence-corrected chi connectivity index (χ0v) is 17.4. The van der Waals surface area contributed by atoms with Crippen molar-refractivity contribution in [3.63, 3.8) is 0 Å². The van der Waals surface area contributed by atoms with Crippen LogP contribution in [0.5, 0.6) is 0 Å². The number of carbonyl (C=O) groups is 1. The van der Waals surface area contributed by atoms with Gasteiger partial charge in [0.25, 0.3) is 0 Å². The number of anilines is 1. The van der Waals surface area contributed by atoms with E-state index in [1.807, 2.05) is 18.5 Å². The number of halogens is 1. The Bertz CT molecular complexity index is 748. The lowest BCUT2D eigenvalue weighted by Gasteiger charge is -2.20. The first kappa shape index (κ1) is 20.8. The molecule has 0 saturated heterocycles. The van der Waals surface area contributed by atoms with Crippen LogP contribution in [0.25, 0.3) is 11.0 Å². The molecule has 144 valence electrons. The zero-order valence-electron chi connectivity index (χ0n) is 15.8. The van der Waals surface area contributed by atoms with Crippen molar-refractivity contribution in [1.29, 1.82) is 0 Å². The number of amides is 1. The summed E-state index contributed by atoms with van der Waals surface area (Å²) < 4.78 is 1.81. The van der Waals surface area contributed by atoms with E-state index < -0.39 is 5.41 Å². The Morgan fingerprint density at radius 2 is 2.08 bits per heavy atom. The summed E-state index contributed by atoms with van der Waals surface area (Å²) in [7, 11) is 0. The molecule has 0 saturated carbocycles. The van der Waals surface area contributed by atoms with E-state index in [9.17, 15) is 4.79 Å². The summed E-state index contributed by atoms with van der Waals surface area (Å²) in [4.78, 5) is 21.4. The van der Waals surface area contributed by atoms with Crippen molar-refractivity contribution in [3.05, 3.63) is 6.20 Å². The van der Waals surface area contributed by atoms with Gasteiger partial charge in [-0.2, -0.15) is 5.10 Å². The number of rotatable bonds is 10. The Kier molecular flexibility index (Phi) is 7.52. The third-order valence-electron chi connectivity index (χ3n) is 3.85. The molecule has 26 heavy (non-hydrogen) atoms. The molecule has 2 aromatic rings. The molecule has 1 amide bonds. The maximum atomic E-state index is 12.1. The van der Waals surface area contributed by atoms with Crippen LogP contribution in [-0.4, -0.2) is 50.4 Å². The summed E-state index contributed by atoms with van der Waals surface area (Å²) in [6, 6.07) is 0. The lowest BCUT2D eigenvalue weighted by Crippen LogP contribution is -2.39. The minimum absolute atomic E-state index is 0.0638. The molecule has 0 unspecified atom stereocenters. The highest BCUT2D eigenvalue weighted by Crippen LogP contribution is 2.24. The summed E-state index contributed by atoms with van der Waals surface area (Å²) in [5, 5.41) is 12.3. The van der Waals surface area contributed by atoms with Crippen LogP contribution in [0.4, 0.5) is 5.82 Å². The third kappa shape index (κ3) is 5.01. The Balaban J connectivity index is 2.17. The van der Waals surface area contributed by atoms with Crippen molar-refractivity contribution in [2.24, 2.45) is 5.41 Å². The lowest BCUT2D eigenvalue weighted by molar-refractivity contribution is -0.128. The predicted molar refractivity (Wildman–Crippen MR) is 108 cm³/mol. The van der Waals surface area contributed by atoms with Crippen molar-refractivity contribution in [2.75, 3.05) is 30.0 Å². The Labute approximate surface area is 163 Å². The van der Waals surface area contributed by atoms with E-state index in [0.29, 0.717) is 13.1 Å². The molecular weight excluding hydrogens is 372 g/mol. The molecule has 0 aliphatic rings. The first-order chi connectivity index (χ1) is 12.4. The molecule has 0 fully saturated rings. The number of nitrogens with one attached hydrogen (secondary N) is 2. The van der Waals surface area contributed by atoms with Gasteiger partial charge in [-0.3, -0.25) is 4.79 Å². The molecule has 2 heterocycles. The molecule has 0 bridgehead atoms. The van der Waals surface area contributed by atoms with Crippen LogP contribution >= 0.6 is 23.4 Å². The van der Waals surface area contributed by atoms with Crippen LogP contribution in [0.3, 0.4) is 0 Å². The number of carbonyl (C=O) groups excluding carboxylic acids is 1. The number of thioether (sulfide) groups is 1. The van der Waals surface area contributed by atoms with Crippen LogP contribution in [0.15, 0.2) is 11.4 Å². The highest BCUT2D eigenvalue weighted by molar-refractivity contribution is 7.99. The second-order valence-electron chi connectivity index (χ2n) is 6.59. The van der Waals surface area contributed by atoms with Gasteiger partial charge < -0.3 is 10.6 Å². The summed E-state index contributed by atoms with van der Waals surface area (Å²) >= 11 is 7.44. The number of aromatic nitrogens is 4. The van der Waals surface area contributed by atoms with Gasteiger partial charge in [-0.25, -0.2) is 14.6 Å². The highest BCUT2D eigenvalue weighted by atomic mass is 35.5. The van der Waals surface area contributed by atoms with Gasteiger partial charge in [0.15, 0.2) is 10.8 Å². The van der Waals surface area contributed by atoms with Crippen LogP contribution in [0, 0.1) is 5.41 Å². The van der Waals surface area contributed by atoms with E-state index in [4.69, 9.17) is 11.6 Å².